The van der Waals surface area contributed by atoms with Crippen molar-refractivity contribution < 1.29 is 0 Å². The lowest BCUT2D eigenvalue weighted by molar-refractivity contribution is 0.389. The van der Waals surface area contributed by atoms with Gasteiger partial charge in [0, 0.05) is 18.3 Å². The Morgan fingerprint density at radius 1 is 1.19 bits per heavy atom. The number of nitrogen functional groups attached to an aromatic ring is 1. The monoisotopic (exact) mass is 283 g/mol. The van der Waals surface area contributed by atoms with Gasteiger partial charge in [-0.15, -0.1) is 0 Å². The van der Waals surface area contributed by atoms with E-state index in [9.17, 15) is 0 Å². The Kier molecular flexibility index (Phi) is 4.31. The highest BCUT2D eigenvalue weighted by Gasteiger charge is 2.14. The van der Waals surface area contributed by atoms with Crippen LogP contribution in [0.5, 0.6) is 0 Å². The first-order valence-electron chi connectivity index (χ1n) is 7.45. The molecule has 1 aliphatic rings. The lowest BCUT2D eigenvalue weighted by Crippen LogP contribution is -2.31. The van der Waals surface area contributed by atoms with Crippen LogP contribution < -0.4 is 16.4 Å². The number of nitrogens with two attached hydrogens (primary N) is 1. The van der Waals surface area contributed by atoms with Gasteiger partial charge in [0.2, 0.25) is 5.95 Å². The second-order valence-corrected chi connectivity index (χ2v) is 5.43. The zero-order chi connectivity index (χ0) is 14.5. The minimum absolute atomic E-state index is 0.308. The molecule has 2 aromatic rings. The summed E-state index contributed by atoms with van der Waals surface area (Å²) in [7, 11) is 0. The molecule has 0 saturated carbocycles. The Morgan fingerprint density at radius 3 is 2.71 bits per heavy atom. The molecule has 110 valence electrons. The number of hydrogen-bond donors (Lipinski definition) is 3. The fourth-order valence-electron chi connectivity index (χ4n) is 2.69. The van der Waals surface area contributed by atoms with Crippen LogP contribution in [0.3, 0.4) is 0 Å². The van der Waals surface area contributed by atoms with Crippen molar-refractivity contribution in [1.29, 1.82) is 0 Å². The molecule has 4 N–H and O–H groups in total. The minimum Gasteiger partial charge on any atom is -0.369 e. The molecule has 2 heterocycles. The smallest absolute Gasteiger partial charge is 0.221 e. The van der Waals surface area contributed by atoms with Crippen molar-refractivity contribution in [2.75, 3.05) is 30.7 Å². The second-order valence-electron chi connectivity index (χ2n) is 5.43. The van der Waals surface area contributed by atoms with Gasteiger partial charge < -0.3 is 16.4 Å². The highest BCUT2D eigenvalue weighted by molar-refractivity contribution is 5.75. The minimum atomic E-state index is 0.308. The van der Waals surface area contributed by atoms with Crippen molar-refractivity contribution in [1.82, 2.24) is 15.3 Å². The molecule has 0 radical (unpaired) electrons. The molecular weight excluding hydrogens is 262 g/mol. The van der Waals surface area contributed by atoms with Crippen LogP contribution in [0.2, 0.25) is 0 Å². The summed E-state index contributed by atoms with van der Waals surface area (Å²) in [6.07, 6.45) is 4.20. The molecule has 0 unspecified atom stereocenters. The van der Waals surface area contributed by atoms with Gasteiger partial charge in [-0.25, -0.2) is 4.98 Å². The average molecular weight is 283 g/mol. The van der Waals surface area contributed by atoms with Gasteiger partial charge in [-0.05, 0) is 37.4 Å². The molecule has 0 bridgehead atoms. The topological polar surface area (TPSA) is 75.9 Å². The van der Waals surface area contributed by atoms with Crippen LogP contribution in [0.4, 0.5) is 11.8 Å². The van der Waals surface area contributed by atoms with Gasteiger partial charge in [0.15, 0.2) is 0 Å². The fraction of sp³-hybridized carbons (Fsp3) is 0.375. The van der Waals surface area contributed by atoms with Gasteiger partial charge in [0.25, 0.3) is 0 Å². The van der Waals surface area contributed by atoms with Gasteiger partial charge >= 0.3 is 0 Å². The van der Waals surface area contributed by atoms with Crippen LogP contribution in [0, 0.1) is 5.92 Å². The van der Waals surface area contributed by atoms with E-state index < -0.39 is 0 Å². The standard InChI is InChI=1S/C16H21N5/c17-16-20-11-14(13-4-2-1-3-5-13)15(21-16)19-10-12-6-8-18-9-7-12/h1-5,11-12,18H,6-10H2,(H3,17,19,20,21). The summed E-state index contributed by atoms with van der Waals surface area (Å²) in [5, 5.41) is 6.85. The van der Waals surface area contributed by atoms with Crippen molar-refractivity contribution in [2.24, 2.45) is 5.92 Å². The van der Waals surface area contributed by atoms with Gasteiger partial charge in [0.05, 0.1) is 0 Å². The molecule has 1 saturated heterocycles. The maximum Gasteiger partial charge on any atom is 0.221 e. The van der Waals surface area contributed by atoms with E-state index in [4.69, 9.17) is 5.73 Å². The van der Waals surface area contributed by atoms with E-state index in [2.05, 4.69) is 32.7 Å². The molecule has 5 nitrogen and oxygen atoms in total. The quantitative estimate of drug-likeness (QED) is 0.801. The molecule has 1 aromatic carbocycles. The molecule has 0 amide bonds. The van der Waals surface area contributed by atoms with Crippen LogP contribution in [-0.2, 0) is 0 Å². The van der Waals surface area contributed by atoms with E-state index in [1.54, 1.807) is 6.20 Å². The van der Waals surface area contributed by atoms with Crippen molar-refractivity contribution >= 4 is 11.8 Å². The Balaban J connectivity index is 1.78. The number of benzene rings is 1. The molecule has 0 spiro atoms. The summed E-state index contributed by atoms with van der Waals surface area (Å²) in [4.78, 5) is 8.50. The van der Waals surface area contributed by atoms with Gasteiger partial charge in [-0.3, -0.25) is 0 Å². The second kappa shape index (κ2) is 6.54. The summed E-state index contributed by atoms with van der Waals surface area (Å²) in [5.41, 5.74) is 7.84. The maximum absolute atomic E-state index is 5.74. The summed E-state index contributed by atoms with van der Waals surface area (Å²) < 4.78 is 0. The van der Waals surface area contributed by atoms with Crippen molar-refractivity contribution in [3.8, 4) is 11.1 Å². The Labute approximate surface area is 125 Å². The normalized spacial score (nSPS) is 15.8. The van der Waals surface area contributed by atoms with Crippen molar-refractivity contribution in [3.05, 3.63) is 36.5 Å². The third kappa shape index (κ3) is 3.49. The number of piperidine rings is 1. The number of aromatic nitrogens is 2. The lowest BCUT2D eigenvalue weighted by Gasteiger charge is -2.23. The predicted molar refractivity (Wildman–Crippen MR) is 86.0 cm³/mol. The van der Waals surface area contributed by atoms with Gasteiger partial charge in [-0.1, -0.05) is 30.3 Å². The maximum atomic E-state index is 5.74. The molecule has 0 atom stereocenters. The first-order chi connectivity index (χ1) is 10.3. The third-order valence-electron chi connectivity index (χ3n) is 3.91. The SMILES string of the molecule is Nc1ncc(-c2ccccc2)c(NCC2CCNCC2)n1. The highest BCUT2D eigenvalue weighted by atomic mass is 15.1. The summed E-state index contributed by atoms with van der Waals surface area (Å²) >= 11 is 0. The van der Waals surface area contributed by atoms with Crippen molar-refractivity contribution in [2.45, 2.75) is 12.8 Å². The van der Waals surface area contributed by atoms with Crippen LogP contribution in [0.25, 0.3) is 11.1 Å². The van der Waals surface area contributed by atoms with E-state index in [-0.39, 0.29) is 0 Å². The average Bonchev–Trinajstić information content (AvgIpc) is 2.55. The largest absolute Gasteiger partial charge is 0.369 e. The van der Waals surface area contributed by atoms with E-state index in [1.165, 1.54) is 12.8 Å². The third-order valence-corrected chi connectivity index (χ3v) is 3.91. The van der Waals surface area contributed by atoms with Crippen LogP contribution in [0.1, 0.15) is 12.8 Å². The zero-order valence-corrected chi connectivity index (χ0v) is 12.0. The van der Waals surface area contributed by atoms with E-state index in [0.29, 0.717) is 11.9 Å². The lowest BCUT2D eigenvalue weighted by atomic mass is 9.98. The first-order valence-corrected chi connectivity index (χ1v) is 7.45. The Hall–Kier alpha value is -2.14. The predicted octanol–water partition coefficient (Wildman–Crippen LogP) is 2.14. The number of anilines is 2. The van der Waals surface area contributed by atoms with Crippen LogP contribution >= 0.6 is 0 Å². The number of hydrogen-bond acceptors (Lipinski definition) is 5. The first kappa shape index (κ1) is 13.8. The molecule has 3 rings (SSSR count). The Bertz CT molecular complexity index is 578. The fourth-order valence-corrected chi connectivity index (χ4v) is 2.69. The highest BCUT2D eigenvalue weighted by Crippen LogP contribution is 2.26. The van der Waals surface area contributed by atoms with Gasteiger partial charge in [0.1, 0.15) is 5.82 Å². The molecule has 21 heavy (non-hydrogen) atoms. The van der Waals surface area contributed by atoms with Crippen molar-refractivity contribution in [3.63, 3.8) is 0 Å². The number of nitrogens with zero attached hydrogens (tertiary/aromatic N) is 2. The summed E-state index contributed by atoms with van der Waals surface area (Å²) in [6.45, 7) is 3.13. The molecule has 1 fully saturated rings. The zero-order valence-electron chi connectivity index (χ0n) is 12.0. The van der Waals surface area contributed by atoms with E-state index in [1.807, 2.05) is 18.2 Å². The molecule has 1 aromatic heterocycles. The van der Waals surface area contributed by atoms with E-state index in [0.717, 1.165) is 36.6 Å². The molecular formula is C16H21N5. The summed E-state index contributed by atoms with van der Waals surface area (Å²) in [6, 6.07) is 10.2. The number of nitrogens with one attached hydrogen (secondary N) is 2. The van der Waals surface area contributed by atoms with Gasteiger partial charge in [-0.2, -0.15) is 4.98 Å². The van der Waals surface area contributed by atoms with E-state index >= 15 is 0 Å². The number of rotatable bonds is 4. The molecule has 0 aliphatic carbocycles. The molecule has 1 aliphatic heterocycles. The van der Waals surface area contributed by atoms with Crippen LogP contribution in [0.15, 0.2) is 36.5 Å². The Morgan fingerprint density at radius 2 is 1.95 bits per heavy atom. The molecule has 5 heteroatoms. The van der Waals surface area contributed by atoms with Crippen LogP contribution in [-0.4, -0.2) is 29.6 Å². The summed E-state index contributed by atoms with van der Waals surface area (Å²) in [5.74, 6) is 1.82.